The van der Waals surface area contributed by atoms with Gasteiger partial charge in [0.1, 0.15) is 24.5 Å². The van der Waals surface area contributed by atoms with Gasteiger partial charge in [0, 0.05) is 12.1 Å². The number of halogens is 6. The Bertz CT molecular complexity index is 1010. The molecule has 0 spiro atoms. The molecule has 0 saturated carbocycles. The molecule has 0 unspecified atom stereocenters. The van der Waals surface area contributed by atoms with Crippen LogP contribution < -0.4 is 9.47 Å². The fourth-order valence-corrected chi connectivity index (χ4v) is 3.06. The molecule has 0 aromatic heterocycles. The zero-order valence-corrected chi connectivity index (χ0v) is 17.9. The molecule has 0 atom stereocenters. The summed E-state index contributed by atoms with van der Waals surface area (Å²) < 4.78 is 64.8. The van der Waals surface area contributed by atoms with E-state index in [9.17, 15) is 27.5 Å². The van der Waals surface area contributed by atoms with Crippen molar-refractivity contribution in [2.75, 3.05) is 13.7 Å². The largest absolute Gasteiger partial charge is 0.503 e. The predicted molar refractivity (Wildman–Crippen MR) is 111 cm³/mol. The first-order valence-electron chi connectivity index (χ1n) is 8.76. The van der Waals surface area contributed by atoms with Gasteiger partial charge in [0.2, 0.25) is 5.83 Å². The molecular weight excluding hydrogens is 479 g/mol. The topological polar surface area (TPSA) is 65.0 Å². The molecule has 0 bridgehead atoms. The van der Waals surface area contributed by atoms with Gasteiger partial charge in [0.15, 0.2) is 5.75 Å². The van der Waals surface area contributed by atoms with Crippen LogP contribution in [-0.4, -0.2) is 31.0 Å². The van der Waals surface area contributed by atoms with Crippen LogP contribution in [0.15, 0.2) is 54.6 Å². The fraction of sp³-hybridized carbons (Fsp3) is 0.190. The third-order valence-electron chi connectivity index (χ3n) is 3.90. The Morgan fingerprint density at radius 3 is 2.31 bits per heavy atom. The molecule has 5 nitrogen and oxygen atoms in total. The summed E-state index contributed by atoms with van der Waals surface area (Å²) in [5, 5.41) is 9.24. The molecule has 2 rings (SSSR count). The van der Waals surface area contributed by atoms with Gasteiger partial charge in [-0.05, 0) is 17.2 Å². The Hall–Kier alpha value is -2.91. The number of carboxylic acids is 1. The molecule has 0 aliphatic rings. The van der Waals surface area contributed by atoms with E-state index in [0.29, 0.717) is 11.1 Å². The van der Waals surface area contributed by atoms with E-state index >= 15 is 0 Å². The number of carbonyl (C=O) groups is 1. The van der Waals surface area contributed by atoms with Crippen LogP contribution in [-0.2, 0) is 16.1 Å². The van der Waals surface area contributed by atoms with Crippen molar-refractivity contribution < 1.29 is 41.7 Å². The number of benzene rings is 2. The first kappa shape index (κ1) is 25.4. The maximum Gasteiger partial charge on any atom is 0.442 e. The highest BCUT2D eigenvalue weighted by molar-refractivity contribution is 6.37. The van der Waals surface area contributed by atoms with E-state index in [4.69, 9.17) is 37.4 Å². The number of alkyl halides is 3. The summed E-state index contributed by atoms with van der Waals surface area (Å²) >= 11 is 12.1. The van der Waals surface area contributed by atoms with Gasteiger partial charge < -0.3 is 19.3 Å². The number of methoxy groups -OCH3 is 1. The van der Waals surface area contributed by atoms with Crippen LogP contribution in [0.2, 0.25) is 10.0 Å². The van der Waals surface area contributed by atoms with Gasteiger partial charge in [0.25, 0.3) is 0 Å². The zero-order valence-electron chi connectivity index (χ0n) is 16.4. The third-order valence-corrected chi connectivity index (χ3v) is 4.46. The average molecular weight is 495 g/mol. The lowest BCUT2D eigenvalue weighted by Gasteiger charge is -2.14. The third kappa shape index (κ3) is 6.80. The molecule has 1 N–H and O–H groups in total. The van der Waals surface area contributed by atoms with Crippen LogP contribution in [0.3, 0.4) is 0 Å². The summed E-state index contributed by atoms with van der Waals surface area (Å²) in [5.41, 5.74) is 0.821. The monoisotopic (exact) mass is 494 g/mol. The Morgan fingerprint density at radius 2 is 1.75 bits per heavy atom. The first-order chi connectivity index (χ1) is 15.0. The quantitative estimate of drug-likeness (QED) is 0.247. The molecule has 32 heavy (non-hydrogen) atoms. The maximum absolute atomic E-state index is 12.8. The lowest BCUT2D eigenvalue weighted by atomic mass is 10.0. The van der Waals surface area contributed by atoms with Gasteiger partial charge in [-0.3, -0.25) is 0 Å². The highest BCUT2D eigenvalue weighted by atomic mass is 35.5. The van der Waals surface area contributed by atoms with Crippen molar-refractivity contribution in [3.63, 3.8) is 0 Å². The second kappa shape index (κ2) is 11.1. The van der Waals surface area contributed by atoms with Gasteiger partial charge in [-0.2, -0.15) is 13.2 Å². The van der Waals surface area contributed by atoms with Crippen molar-refractivity contribution >= 4 is 34.7 Å². The van der Waals surface area contributed by atoms with Gasteiger partial charge in [-0.1, -0.05) is 47.5 Å². The average Bonchev–Trinajstić information content (AvgIpc) is 2.71. The summed E-state index contributed by atoms with van der Waals surface area (Å²) in [7, 11) is 1.32. The van der Waals surface area contributed by atoms with Crippen molar-refractivity contribution in [3.8, 4) is 11.5 Å². The molecule has 0 radical (unpaired) electrons. The summed E-state index contributed by atoms with van der Waals surface area (Å²) in [6.45, 7) is -0.806. The normalized spacial score (nSPS) is 12.5. The lowest BCUT2D eigenvalue weighted by molar-refractivity contribution is -0.130. The molecular formula is C21H16Cl2F4O5. The van der Waals surface area contributed by atoms with E-state index < -0.39 is 24.6 Å². The minimum atomic E-state index is -5.11. The minimum absolute atomic E-state index is 0.0586. The summed E-state index contributed by atoms with van der Waals surface area (Å²) in [5.74, 6) is -3.45. The molecule has 11 heteroatoms. The molecule has 0 heterocycles. The van der Waals surface area contributed by atoms with Crippen LogP contribution in [0.4, 0.5) is 17.6 Å². The Balaban J connectivity index is 2.16. The van der Waals surface area contributed by atoms with Crippen molar-refractivity contribution in [2.24, 2.45) is 0 Å². The van der Waals surface area contributed by atoms with Gasteiger partial charge in [0.05, 0.1) is 23.4 Å². The highest BCUT2D eigenvalue weighted by Gasteiger charge is 2.34. The molecule has 0 aliphatic carbocycles. The Kier molecular flexibility index (Phi) is 8.80. The summed E-state index contributed by atoms with van der Waals surface area (Å²) in [6, 6.07) is 9.20. The molecule has 0 fully saturated rings. The van der Waals surface area contributed by atoms with Crippen LogP contribution >= 0.6 is 23.2 Å². The lowest BCUT2D eigenvalue weighted by Crippen LogP contribution is -2.09. The smallest absolute Gasteiger partial charge is 0.442 e. The molecule has 0 saturated heterocycles. The molecule has 0 aliphatic heterocycles. The molecule has 172 valence electrons. The van der Waals surface area contributed by atoms with Crippen molar-refractivity contribution in [1.82, 2.24) is 0 Å². The van der Waals surface area contributed by atoms with Crippen LogP contribution in [0, 0.1) is 0 Å². The second-order valence-corrected chi connectivity index (χ2v) is 6.91. The molecule has 2 aromatic carbocycles. The van der Waals surface area contributed by atoms with E-state index in [1.54, 1.807) is 24.3 Å². The van der Waals surface area contributed by atoms with Crippen LogP contribution in [0.5, 0.6) is 11.5 Å². The Morgan fingerprint density at radius 1 is 1.12 bits per heavy atom. The highest BCUT2D eigenvalue weighted by Crippen LogP contribution is 2.37. The van der Waals surface area contributed by atoms with Crippen LogP contribution in [0.25, 0.3) is 5.57 Å². The minimum Gasteiger partial charge on any atom is -0.503 e. The Labute approximate surface area is 190 Å². The zero-order chi connectivity index (χ0) is 23.9. The van der Waals surface area contributed by atoms with Crippen molar-refractivity contribution in [2.45, 2.75) is 12.8 Å². The molecule has 0 amide bonds. The standard InChI is InChI=1S/C21H16Cl2F4O5/c1-30-11-15(20(28)29)14-5-3-2-4-12(14)10-32-13-8-16(22)19(17(23)9-13)31-7-6-18(24)21(25,26)27/h2-6,8-9,11H,7,10H2,1H3,(H,28,29)/b15-11+,18-6?. The van der Waals surface area contributed by atoms with Crippen LogP contribution in [0.1, 0.15) is 11.1 Å². The van der Waals surface area contributed by atoms with Crippen molar-refractivity contribution in [3.05, 3.63) is 75.7 Å². The fourth-order valence-electron chi connectivity index (χ4n) is 2.49. The SMILES string of the molecule is CO/C=C(/C(=O)O)c1ccccc1COc1cc(Cl)c(OCC=C(F)C(F)(F)F)c(Cl)c1. The molecule has 2 aromatic rings. The number of ether oxygens (including phenoxy) is 3. The summed E-state index contributed by atoms with van der Waals surface area (Å²) in [4.78, 5) is 11.5. The van der Waals surface area contributed by atoms with E-state index in [2.05, 4.69) is 0 Å². The number of rotatable bonds is 9. The van der Waals surface area contributed by atoms with Gasteiger partial charge in [-0.15, -0.1) is 0 Å². The number of hydrogen-bond donors (Lipinski definition) is 1. The van der Waals surface area contributed by atoms with E-state index in [1.807, 2.05) is 0 Å². The number of carboxylic acid groups (broad SMARTS) is 1. The first-order valence-corrected chi connectivity index (χ1v) is 9.52. The maximum atomic E-state index is 12.8. The van der Waals surface area contributed by atoms with E-state index in [0.717, 1.165) is 6.26 Å². The second-order valence-electron chi connectivity index (χ2n) is 6.10. The number of allylic oxidation sites excluding steroid dienone is 1. The number of aliphatic carboxylic acids is 1. The van der Waals surface area contributed by atoms with E-state index in [-0.39, 0.29) is 39.8 Å². The van der Waals surface area contributed by atoms with Crippen molar-refractivity contribution in [1.29, 1.82) is 0 Å². The van der Waals surface area contributed by atoms with E-state index in [1.165, 1.54) is 19.2 Å². The van der Waals surface area contributed by atoms with Gasteiger partial charge in [-0.25, -0.2) is 9.18 Å². The van der Waals surface area contributed by atoms with Gasteiger partial charge >= 0.3 is 12.1 Å². The summed E-state index contributed by atoms with van der Waals surface area (Å²) in [6.07, 6.45) is -3.80. The number of hydrogen-bond acceptors (Lipinski definition) is 4. The predicted octanol–water partition coefficient (Wildman–Crippen LogP) is 6.44.